The topological polar surface area (TPSA) is 12.0 Å². The first-order valence-electron chi connectivity index (χ1n) is 6.74. The number of fused-ring (bicyclic) bond motifs is 1. The molecule has 0 amide bonds. The second kappa shape index (κ2) is 5.53. The lowest BCUT2D eigenvalue weighted by Gasteiger charge is -2.25. The minimum absolute atomic E-state index is 0.340. The molecule has 2 aromatic rings. The van der Waals surface area contributed by atoms with Gasteiger partial charge in [0.15, 0.2) is 0 Å². The Morgan fingerprint density at radius 1 is 1.00 bits per heavy atom. The number of rotatable bonds is 5. The van der Waals surface area contributed by atoms with E-state index in [2.05, 4.69) is 61.6 Å². The fourth-order valence-corrected chi connectivity index (χ4v) is 2.51. The molecule has 0 saturated carbocycles. The molecule has 0 heterocycles. The van der Waals surface area contributed by atoms with Crippen molar-refractivity contribution < 1.29 is 0 Å². The molecule has 2 aromatic carbocycles. The Bertz CT molecular complexity index is 509. The van der Waals surface area contributed by atoms with Gasteiger partial charge >= 0.3 is 0 Å². The molecule has 96 valence electrons. The average molecular weight is 241 g/mol. The predicted octanol–water partition coefficient (Wildman–Crippen LogP) is 4.02. The molecule has 0 aromatic heterocycles. The maximum Gasteiger partial charge on any atom is -0.00467 e. The van der Waals surface area contributed by atoms with Gasteiger partial charge in [-0.2, -0.15) is 0 Å². The van der Waals surface area contributed by atoms with Gasteiger partial charge in [0.2, 0.25) is 0 Å². The van der Waals surface area contributed by atoms with E-state index in [0.29, 0.717) is 5.41 Å². The number of nitrogens with one attached hydrogen (secondary N) is 1. The Morgan fingerprint density at radius 3 is 2.50 bits per heavy atom. The Kier molecular flexibility index (Phi) is 4.03. The summed E-state index contributed by atoms with van der Waals surface area (Å²) in [4.78, 5) is 0. The summed E-state index contributed by atoms with van der Waals surface area (Å²) in [5.74, 6) is 0. The first-order chi connectivity index (χ1) is 8.62. The van der Waals surface area contributed by atoms with Gasteiger partial charge in [0.05, 0.1) is 0 Å². The molecule has 1 heteroatoms. The molecule has 0 radical (unpaired) electrons. The van der Waals surface area contributed by atoms with Gasteiger partial charge in [0.1, 0.15) is 0 Å². The number of benzene rings is 2. The quantitative estimate of drug-likeness (QED) is 0.833. The van der Waals surface area contributed by atoms with Crippen LogP contribution in [-0.2, 0) is 6.42 Å². The Morgan fingerprint density at radius 2 is 1.72 bits per heavy atom. The SMILES string of the molecule is CNCCC(C)(C)Cc1cccc2ccccc12. The molecule has 0 atom stereocenters. The van der Waals surface area contributed by atoms with E-state index in [1.54, 1.807) is 0 Å². The maximum atomic E-state index is 3.25. The van der Waals surface area contributed by atoms with Crippen molar-refractivity contribution in [2.45, 2.75) is 26.7 Å². The second-order valence-corrected chi connectivity index (χ2v) is 5.83. The molecule has 0 spiro atoms. The van der Waals surface area contributed by atoms with Crippen LogP contribution in [0.15, 0.2) is 42.5 Å². The molecule has 0 aliphatic heterocycles. The van der Waals surface area contributed by atoms with Gasteiger partial charge in [-0.05, 0) is 48.2 Å². The van der Waals surface area contributed by atoms with Crippen LogP contribution in [0.1, 0.15) is 25.8 Å². The molecule has 0 aliphatic carbocycles. The van der Waals surface area contributed by atoms with Crippen molar-refractivity contribution in [1.29, 1.82) is 0 Å². The molecule has 1 nitrogen and oxygen atoms in total. The largest absolute Gasteiger partial charge is 0.320 e. The lowest BCUT2D eigenvalue weighted by Crippen LogP contribution is -2.21. The highest BCUT2D eigenvalue weighted by Gasteiger charge is 2.18. The van der Waals surface area contributed by atoms with Gasteiger partial charge < -0.3 is 5.32 Å². The fraction of sp³-hybridized carbons (Fsp3) is 0.412. The molecule has 2 rings (SSSR count). The van der Waals surface area contributed by atoms with Gasteiger partial charge in [-0.3, -0.25) is 0 Å². The fourth-order valence-electron chi connectivity index (χ4n) is 2.51. The van der Waals surface area contributed by atoms with Gasteiger partial charge in [-0.1, -0.05) is 56.3 Å². The summed E-state index contributed by atoms with van der Waals surface area (Å²) in [7, 11) is 2.02. The molecule has 1 N–H and O–H groups in total. The van der Waals surface area contributed by atoms with Crippen LogP contribution in [0.2, 0.25) is 0 Å². The van der Waals surface area contributed by atoms with Crippen molar-refractivity contribution in [2.75, 3.05) is 13.6 Å². The highest BCUT2D eigenvalue weighted by Crippen LogP contribution is 2.29. The van der Waals surface area contributed by atoms with E-state index in [1.165, 1.54) is 22.8 Å². The molecule has 18 heavy (non-hydrogen) atoms. The van der Waals surface area contributed by atoms with Gasteiger partial charge in [0, 0.05) is 0 Å². The van der Waals surface area contributed by atoms with Gasteiger partial charge in [0.25, 0.3) is 0 Å². The van der Waals surface area contributed by atoms with Crippen molar-refractivity contribution in [1.82, 2.24) is 5.32 Å². The zero-order chi connectivity index (χ0) is 13.0. The highest BCUT2D eigenvalue weighted by atomic mass is 14.8. The maximum absolute atomic E-state index is 3.25. The summed E-state index contributed by atoms with van der Waals surface area (Å²) in [5, 5.41) is 5.99. The van der Waals surface area contributed by atoms with Crippen molar-refractivity contribution >= 4 is 10.8 Å². The molecular weight excluding hydrogens is 218 g/mol. The zero-order valence-electron chi connectivity index (χ0n) is 11.7. The van der Waals surface area contributed by atoms with E-state index in [-0.39, 0.29) is 0 Å². The van der Waals surface area contributed by atoms with Crippen LogP contribution in [0.25, 0.3) is 10.8 Å². The first-order valence-corrected chi connectivity index (χ1v) is 6.74. The van der Waals surface area contributed by atoms with Crippen LogP contribution in [0.4, 0.5) is 0 Å². The third-order valence-electron chi connectivity index (χ3n) is 3.60. The normalized spacial score (nSPS) is 11.9. The summed E-state index contributed by atoms with van der Waals surface area (Å²) in [6.07, 6.45) is 2.34. The molecule has 0 saturated heterocycles. The van der Waals surface area contributed by atoms with Gasteiger partial charge in [-0.15, -0.1) is 0 Å². The van der Waals surface area contributed by atoms with E-state index in [4.69, 9.17) is 0 Å². The van der Waals surface area contributed by atoms with Crippen LogP contribution < -0.4 is 5.32 Å². The lowest BCUT2D eigenvalue weighted by atomic mass is 9.81. The monoisotopic (exact) mass is 241 g/mol. The van der Waals surface area contributed by atoms with Crippen LogP contribution in [-0.4, -0.2) is 13.6 Å². The van der Waals surface area contributed by atoms with E-state index < -0.39 is 0 Å². The average Bonchev–Trinajstić information content (AvgIpc) is 2.37. The van der Waals surface area contributed by atoms with Crippen LogP contribution in [0, 0.1) is 5.41 Å². The molecule has 0 fully saturated rings. The third kappa shape index (κ3) is 3.11. The molecule has 0 unspecified atom stereocenters. The summed E-state index contributed by atoms with van der Waals surface area (Å²) in [6, 6.07) is 15.3. The van der Waals surface area contributed by atoms with E-state index >= 15 is 0 Å². The minimum Gasteiger partial charge on any atom is -0.320 e. The lowest BCUT2D eigenvalue weighted by molar-refractivity contribution is 0.330. The van der Waals surface area contributed by atoms with Crippen molar-refractivity contribution in [3.63, 3.8) is 0 Å². The standard InChI is InChI=1S/C17H23N/c1-17(2,11-12-18-3)13-15-9-6-8-14-7-4-5-10-16(14)15/h4-10,18H,11-13H2,1-3H3. The first kappa shape index (κ1) is 13.1. The summed E-state index contributed by atoms with van der Waals surface area (Å²) >= 11 is 0. The Labute approximate surface area is 110 Å². The highest BCUT2D eigenvalue weighted by molar-refractivity contribution is 5.85. The molecular formula is C17H23N. The molecule has 0 bridgehead atoms. The minimum atomic E-state index is 0.340. The second-order valence-electron chi connectivity index (χ2n) is 5.83. The van der Waals surface area contributed by atoms with E-state index in [1.807, 2.05) is 7.05 Å². The summed E-state index contributed by atoms with van der Waals surface area (Å²) in [6.45, 7) is 5.79. The Hall–Kier alpha value is -1.34. The van der Waals surface area contributed by atoms with Crippen LogP contribution in [0.3, 0.4) is 0 Å². The zero-order valence-corrected chi connectivity index (χ0v) is 11.7. The number of hydrogen-bond acceptors (Lipinski definition) is 1. The summed E-state index contributed by atoms with van der Waals surface area (Å²) in [5.41, 5.74) is 1.81. The van der Waals surface area contributed by atoms with E-state index in [0.717, 1.165) is 13.0 Å². The van der Waals surface area contributed by atoms with Crippen LogP contribution >= 0.6 is 0 Å². The third-order valence-corrected chi connectivity index (χ3v) is 3.60. The number of hydrogen-bond donors (Lipinski definition) is 1. The smallest absolute Gasteiger partial charge is 0.00467 e. The van der Waals surface area contributed by atoms with Crippen molar-refractivity contribution in [3.05, 3.63) is 48.0 Å². The molecule has 0 aliphatic rings. The van der Waals surface area contributed by atoms with E-state index in [9.17, 15) is 0 Å². The van der Waals surface area contributed by atoms with Gasteiger partial charge in [-0.25, -0.2) is 0 Å². The summed E-state index contributed by atoms with van der Waals surface area (Å²) < 4.78 is 0. The van der Waals surface area contributed by atoms with Crippen molar-refractivity contribution in [2.24, 2.45) is 5.41 Å². The van der Waals surface area contributed by atoms with Crippen LogP contribution in [0.5, 0.6) is 0 Å². The predicted molar refractivity (Wildman–Crippen MR) is 80.0 cm³/mol. The van der Waals surface area contributed by atoms with Crippen molar-refractivity contribution in [3.8, 4) is 0 Å². The Balaban J connectivity index is 2.26.